The summed E-state index contributed by atoms with van der Waals surface area (Å²) in [4.78, 5) is 29.8. The number of benzene rings is 3. The molecule has 0 amide bonds. The molecule has 7 rings (SSSR count). The number of piperidine rings is 3. The summed E-state index contributed by atoms with van der Waals surface area (Å²) < 4.78 is 23.6. The van der Waals surface area contributed by atoms with Crippen LogP contribution in [0.4, 0.5) is 5.69 Å². The molecule has 10 nitrogen and oxygen atoms in total. The highest BCUT2D eigenvalue weighted by atomic mass is 35.5. The molecule has 3 aromatic carbocycles. The van der Waals surface area contributed by atoms with Crippen LogP contribution in [0.25, 0.3) is 0 Å². The first-order chi connectivity index (χ1) is 23.7. The van der Waals surface area contributed by atoms with Crippen molar-refractivity contribution in [2.45, 2.75) is 37.5 Å². The molecule has 0 radical (unpaired) electrons. The maximum atomic E-state index is 13.8. The second kappa shape index (κ2) is 15.4. The number of esters is 2. The van der Waals surface area contributed by atoms with Crippen LogP contribution in [0.5, 0.6) is 11.5 Å². The number of methoxy groups -OCH3 is 2. The molecule has 3 saturated heterocycles. The lowest BCUT2D eigenvalue weighted by molar-refractivity contribution is -0.605. The highest BCUT2D eigenvalue weighted by Crippen LogP contribution is 2.36. The van der Waals surface area contributed by atoms with Gasteiger partial charge in [0.05, 0.1) is 19.8 Å². The number of nitrogens with zero attached hydrogens (tertiary/aromatic N) is 2. The summed E-state index contributed by atoms with van der Waals surface area (Å²) in [5.41, 5.74) is 2.55. The zero-order valence-corrected chi connectivity index (χ0v) is 28.7. The third-order valence-electron chi connectivity index (χ3n) is 9.12. The van der Waals surface area contributed by atoms with Gasteiger partial charge >= 0.3 is 11.9 Å². The Bertz CT molecular complexity index is 1780. The first-order valence-corrected chi connectivity index (χ1v) is 16.8. The predicted octanol–water partition coefficient (Wildman–Crippen LogP) is 6.58. The minimum atomic E-state index is -0.880. The molecule has 1 aromatic heterocycles. The predicted molar refractivity (Wildman–Crippen MR) is 185 cm³/mol. The molecule has 0 spiro atoms. The number of pyridine rings is 1. The molecule has 3 aliphatic heterocycles. The van der Waals surface area contributed by atoms with E-state index in [2.05, 4.69) is 10.2 Å². The molecule has 49 heavy (non-hydrogen) atoms. The fourth-order valence-electron chi connectivity index (χ4n) is 6.48. The number of carbonyl (C=O) groups is 2. The first-order valence-electron chi connectivity index (χ1n) is 16.1. The number of fused-ring (bicyclic) bond motifs is 3. The molecule has 4 heterocycles. The van der Waals surface area contributed by atoms with Crippen LogP contribution in [0.2, 0.25) is 10.0 Å². The molecule has 1 unspecified atom stereocenters. The summed E-state index contributed by atoms with van der Waals surface area (Å²) in [6.45, 7) is 2.83. The SMILES string of the molecule is COc1ccc([C@H](Cc2c(Cl)c[n+]([O-])cc2Cl)OC(=O)c2cccc(NC(C(=O)O[C@H]3CN4CCC3CC4)c3ccccc3)c2)cc1OC. The van der Waals surface area contributed by atoms with Crippen LogP contribution >= 0.6 is 23.2 Å². The van der Waals surface area contributed by atoms with E-state index in [1.807, 2.05) is 30.3 Å². The smallest absolute Gasteiger partial charge is 0.338 e. The second-order valence-electron chi connectivity index (χ2n) is 12.2. The number of hydrogen-bond acceptors (Lipinski definition) is 9. The average molecular weight is 707 g/mol. The fourth-order valence-corrected chi connectivity index (χ4v) is 7.08. The lowest BCUT2D eigenvalue weighted by Crippen LogP contribution is -2.52. The Morgan fingerprint density at radius 2 is 1.63 bits per heavy atom. The Labute approximate surface area is 295 Å². The Hall–Kier alpha value is -4.51. The monoisotopic (exact) mass is 705 g/mol. The van der Waals surface area contributed by atoms with Crippen LogP contribution in [0, 0.1) is 11.1 Å². The van der Waals surface area contributed by atoms with Gasteiger partial charge in [0.1, 0.15) is 22.3 Å². The molecule has 3 fully saturated rings. The minimum Gasteiger partial charge on any atom is -0.619 e. The molecule has 2 bridgehead atoms. The van der Waals surface area contributed by atoms with Crippen molar-refractivity contribution in [3.63, 3.8) is 0 Å². The van der Waals surface area contributed by atoms with Gasteiger partial charge in [-0.1, -0.05) is 65.7 Å². The van der Waals surface area contributed by atoms with Crippen molar-refractivity contribution in [3.8, 4) is 11.5 Å². The number of ether oxygens (including phenoxy) is 4. The Kier molecular flexibility index (Phi) is 10.8. The van der Waals surface area contributed by atoms with Gasteiger partial charge < -0.3 is 29.5 Å². The van der Waals surface area contributed by atoms with E-state index in [4.69, 9.17) is 42.1 Å². The van der Waals surface area contributed by atoms with Gasteiger partial charge in [-0.25, -0.2) is 9.59 Å². The molecule has 256 valence electrons. The lowest BCUT2D eigenvalue weighted by Gasteiger charge is -2.44. The fraction of sp³-hybridized carbons (Fsp3) is 0.324. The summed E-state index contributed by atoms with van der Waals surface area (Å²) in [7, 11) is 3.03. The van der Waals surface area contributed by atoms with Crippen LogP contribution < -0.4 is 19.5 Å². The summed E-state index contributed by atoms with van der Waals surface area (Å²) in [5, 5.41) is 15.5. The molecule has 12 heteroatoms. The normalized spacial score (nSPS) is 19.4. The van der Waals surface area contributed by atoms with Crippen molar-refractivity contribution < 1.29 is 33.3 Å². The van der Waals surface area contributed by atoms with Crippen molar-refractivity contribution >= 4 is 40.8 Å². The zero-order valence-electron chi connectivity index (χ0n) is 27.1. The van der Waals surface area contributed by atoms with Gasteiger partial charge in [0.2, 0.25) is 0 Å². The van der Waals surface area contributed by atoms with E-state index in [0.717, 1.165) is 38.0 Å². The highest BCUT2D eigenvalue weighted by Gasteiger charge is 2.38. The van der Waals surface area contributed by atoms with Crippen LogP contribution in [0.3, 0.4) is 0 Å². The molecular weight excluding hydrogens is 669 g/mol. The van der Waals surface area contributed by atoms with Gasteiger partial charge in [-0.2, -0.15) is 4.73 Å². The van der Waals surface area contributed by atoms with E-state index in [1.165, 1.54) is 26.6 Å². The molecule has 0 saturated carbocycles. The molecule has 3 atom stereocenters. The van der Waals surface area contributed by atoms with Crippen molar-refractivity contribution in [3.05, 3.63) is 123 Å². The van der Waals surface area contributed by atoms with E-state index in [9.17, 15) is 14.8 Å². The standard InChI is InChI=1S/C37H37Cl2N3O7/c1-46-31-12-11-25(18-33(31)47-2)32(19-28-29(38)20-42(45)21-30(28)39)48-36(43)26-9-6-10-27(17-26)40-35(24-7-4-3-5-8-24)37(44)49-34-22-41-15-13-23(34)14-16-41/h3-12,17-18,20-21,23,32,34-35,40H,13-16,19,22H2,1-2H3/t32-,34-,35?/m0/s1. The molecule has 3 aliphatic rings. The minimum absolute atomic E-state index is 0.0686. The van der Waals surface area contributed by atoms with Crippen LogP contribution in [0.1, 0.15) is 52.0 Å². The number of anilines is 1. The number of nitrogens with one attached hydrogen (secondary N) is 1. The highest BCUT2D eigenvalue weighted by molar-refractivity contribution is 6.35. The molecule has 0 aliphatic carbocycles. The summed E-state index contributed by atoms with van der Waals surface area (Å²) in [6.07, 6.45) is 3.47. The van der Waals surface area contributed by atoms with Crippen molar-refractivity contribution in [2.75, 3.05) is 39.2 Å². The third-order valence-corrected chi connectivity index (χ3v) is 9.77. The largest absolute Gasteiger partial charge is 0.619 e. The molecule has 1 N–H and O–H groups in total. The van der Waals surface area contributed by atoms with E-state index >= 15 is 0 Å². The number of rotatable bonds is 12. The van der Waals surface area contributed by atoms with Crippen molar-refractivity contribution in [1.82, 2.24) is 4.90 Å². The van der Waals surface area contributed by atoms with Crippen LogP contribution in [0.15, 0.2) is 85.2 Å². The maximum absolute atomic E-state index is 13.8. The third kappa shape index (κ3) is 8.04. The van der Waals surface area contributed by atoms with Gasteiger partial charge in [-0.15, -0.1) is 0 Å². The number of carbonyl (C=O) groups excluding carboxylic acids is 2. The second-order valence-corrected chi connectivity index (χ2v) is 13.0. The maximum Gasteiger partial charge on any atom is 0.338 e. The van der Waals surface area contributed by atoms with E-state index in [1.54, 1.807) is 42.5 Å². The van der Waals surface area contributed by atoms with Gasteiger partial charge in [0, 0.05) is 24.2 Å². The molecule has 4 aromatic rings. The van der Waals surface area contributed by atoms with Gasteiger partial charge in [-0.3, -0.25) is 4.90 Å². The Morgan fingerprint density at radius 3 is 2.29 bits per heavy atom. The summed E-state index contributed by atoms with van der Waals surface area (Å²) >= 11 is 12.8. The van der Waals surface area contributed by atoms with Gasteiger partial charge in [-0.05, 0) is 73.3 Å². The van der Waals surface area contributed by atoms with Crippen LogP contribution in [-0.4, -0.2) is 56.8 Å². The van der Waals surface area contributed by atoms with E-state index < -0.39 is 18.1 Å². The Balaban J connectivity index is 1.25. The Morgan fingerprint density at radius 1 is 0.918 bits per heavy atom. The molecular formula is C37H37Cl2N3O7. The number of aromatic nitrogens is 1. The van der Waals surface area contributed by atoms with Gasteiger partial charge in [0.25, 0.3) is 0 Å². The number of halogens is 2. The quantitative estimate of drug-likeness (QED) is 0.0993. The van der Waals surface area contributed by atoms with Crippen LogP contribution in [-0.2, 0) is 20.7 Å². The van der Waals surface area contributed by atoms with Crippen molar-refractivity contribution in [2.24, 2.45) is 5.92 Å². The number of hydrogen-bond donors (Lipinski definition) is 1. The van der Waals surface area contributed by atoms with Crippen molar-refractivity contribution in [1.29, 1.82) is 0 Å². The topological polar surface area (TPSA) is 113 Å². The van der Waals surface area contributed by atoms with Gasteiger partial charge in [0.15, 0.2) is 29.9 Å². The van der Waals surface area contributed by atoms with E-state index in [0.29, 0.717) is 39.0 Å². The zero-order chi connectivity index (χ0) is 34.5. The first kappa shape index (κ1) is 34.4. The summed E-state index contributed by atoms with van der Waals surface area (Å²) in [5.74, 6) is 0.299. The summed E-state index contributed by atoms with van der Waals surface area (Å²) in [6, 6.07) is 20.5. The van der Waals surface area contributed by atoms with E-state index in [-0.39, 0.29) is 34.1 Å². The lowest BCUT2D eigenvalue weighted by atomic mass is 9.86. The average Bonchev–Trinajstić information content (AvgIpc) is 3.12.